The molecular formula is C18H22FN3OS. The first-order valence-corrected chi connectivity index (χ1v) is 9.05. The van der Waals surface area contributed by atoms with E-state index in [4.69, 9.17) is 0 Å². The highest BCUT2D eigenvalue weighted by molar-refractivity contribution is 7.10. The Labute approximate surface area is 145 Å². The maximum Gasteiger partial charge on any atom is 0.192 e. The third-order valence-corrected chi connectivity index (χ3v) is 4.98. The quantitative estimate of drug-likeness (QED) is 0.555. The lowest BCUT2D eigenvalue weighted by molar-refractivity contribution is 0.182. The van der Waals surface area contributed by atoms with Crippen LogP contribution in [0.25, 0.3) is 0 Å². The fraction of sp³-hybridized carbons (Fsp3) is 0.389. The van der Waals surface area contributed by atoms with E-state index in [2.05, 4.69) is 28.6 Å². The van der Waals surface area contributed by atoms with E-state index in [1.165, 1.54) is 10.9 Å². The van der Waals surface area contributed by atoms with E-state index in [0.29, 0.717) is 12.0 Å². The van der Waals surface area contributed by atoms with Crippen LogP contribution in [0.4, 0.5) is 4.39 Å². The first-order valence-electron chi connectivity index (χ1n) is 8.17. The van der Waals surface area contributed by atoms with Crippen LogP contribution >= 0.6 is 11.3 Å². The summed E-state index contributed by atoms with van der Waals surface area (Å²) < 4.78 is 13.7. The maximum absolute atomic E-state index is 13.7. The number of hydrogen-bond donors (Lipinski definition) is 3. The number of halogens is 1. The lowest BCUT2D eigenvalue weighted by Gasteiger charge is -2.18. The van der Waals surface area contributed by atoms with Crippen molar-refractivity contribution in [2.75, 3.05) is 6.54 Å². The van der Waals surface area contributed by atoms with E-state index in [1.807, 2.05) is 11.4 Å². The average molecular weight is 347 g/mol. The minimum absolute atomic E-state index is 0.111. The first-order chi connectivity index (χ1) is 11.6. The Morgan fingerprint density at radius 1 is 1.33 bits per heavy atom. The van der Waals surface area contributed by atoms with Crippen molar-refractivity contribution in [2.24, 2.45) is 4.99 Å². The van der Waals surface area contributed by atoms with E-state index in [0.717, 1.165) is 12.8 Å². The van der Waals surface area contributed by atoms with Crippen molar-refractivity contribution in [3.63, 3.8) is 0 Å². The van der Waals surface area contributed by atoms with Crippen LogP contribution in [0.5, 0.6) is 0 Å². The van der Waals surface area contributed by atoms with Crippen molar-refractivity contribution in [2.45, 2.75) is 38.0 Å². The summed E-state index contributed by atoms with van der Waals surface area (Å²) in [5.41, 5.74) is 0.276. The van der Waals surface area contributed by atoms with Crippen molar-refractivity contribution >= 4 is 17.3 Å². The molecule has 1 heterocycles. The average Bonchev–Trinajstić information content (AvgIpc) is 3.21. The van der Waals surface area contributed by atoms with Gasteiger partial charge in [0.25, 0.3) is 0 Å². The zero-order valence-electron chi connectivity index (χ0n) is 13.6. The van der Waals surface area contributed by atoms with Crippen LogP contribution in [0.1, 0.15) is 42.4 Å². The highest BCUT2D eigenvalue weighted by Gasteiger charge is 2.23. The number of nitrogens with one attached hydrogen (secondary N) is 2. The van der Waals surface area contributed by atoms with Gasteiger partial charge >= 0.3 is 0 Å². The molecule has 1 saturated carbocycles. The fourth-order valence-electron chi connectivity index (χ4n) is 2.39. The largest absolute Gasteiger partial charge is 0.386 e. The third kappa shape index (κ3) is 4.55. The Bertz CT molecular complexity index is 685. The molecule has 0 spiro atoms. The molecule has 24 heavy (non-hydrogen) atoms. The number of aliphatic hydroxyl groups is 1. The smallest absolute Gasteiger partial charge is 0.192 e. The summed E-state index contributed by atoms with van der Waals surface area (Å²) in [6, 6.07) is 10.9. The number of nitrogens with zero attached hydrogens (tertiary/aromatic N) is 1. The van der Waals surface area contributed by atoms with Crippen LogP contribution < -0.4 is 10.6 Å². The number of aliphatic hydroxyl groups excluding tert-OH is 1. The minimum Gasteiger partial charge on any atom is -0.386 e. The molecule has 3 rings (SSSR count). The second-order valence-electron chi connectivity index (χ2n) is 6.03. The zero-order chi connectivity index (χ0) is 16.9. The van der Waals surface area contributed by atoms with Gasteiger partial charge in [0, 0.05) is 16.5 Å². The molecule has 2 aromatic rings. The molecule has 4 nitrogen and oxygen atoms in total. The normalized spacial score (nSPS) is 17.4. The molecule has 3 N–H and O–H groups in total. The van der Waals surface area contributed by atoms with Gasteiger partial charge in [-0.15, -0.1) is 11.3 Å². The van der Waals surface area contributed by atoms with E-state index >= 15 is 0 Å². The lowest BCUT2D eigenvalue weighted by Crippen LogP contribution is -2.40. The third-order valence-electron chi connectivity index (χ3n) is 3.93. The standard InChI is InChI=1S/C18H22FN3OS/c1-12(17-7-4-10-24-17)21-18(22-13-8-9-13)20-11-16(23)14-5-2-3-6-15(14)19/h2-7,10,12-13,16,23H,8-9,11H2,1H3,(H2,20,21,22)/t12-,16+/m0/s1. The molecule has 1 fully saturated rings. The molecule has 1 aliphatic rings. The van der Waals surface area contributed by atoms with Gasteiger partial charge in [-0.1, -0.05) is 24.3 Å². The van der Waals surface area contributed by atoms with Gasteiger partial charge < -0.3 is 15.7 Å². The Morgan fingerprint density at radius 3 is 2.79 bits per heavy atom. The molecule has 0 radical (unpaired) electrons. The second kappa shape index (κ2) is 7.77. The summed E-state index contributed by atoms with van der Waals surface area (Å²) in [7, 11) is 0. The molecule has 2 atom stereocenters. The van der Waals surface area contributed by atoms with Crippen LogP contribution in [0.2, 0.25) is 0 Å². The number of rotatable bonds is 6. The van der Waals surface area contributed by atoms with E-state index in [-0.39, 0.29) is 18.2 Å². The molecule has 0 saturated heterocycles. The molecule has 0 aliphatic heterocycles. The molecule has 1 aromatic heterocycles. The predicted molar refractivity (Wildman–Crippen MR) is 95.7 cm³/mol. The summed E-state index contributed by atoms with van der Waals surface area (Å²) in [5, 5.41) is 19.0. The van der Waals surface area contributed by atoms with Gasteiger partial charge in [0.1, 0.15) is 11.9 Å². The summed E-state index contributed by atoms with van der Waals surface area (Å²) in [4.78, 5) is 5.67. The number of benzene rings is 1. The zero-order valence-corrected chi connectivity index (χ0v) is 14.4. The Hall–Kier alpha value is -1.92. The molecule has 0 unspecified atom stereocenters. The van der Waals surface area contributed by atoms with Gasteiger partial charge in [-0.05, 0) is 37.3 Å². The summed E-state index contributed by atoms with van der Waals surface area (Å²) in [6.45, 7) is 2.18. The minimum atomic E-state index is -0.957. The fourth-order valence-corrected chi connectivity index (χ4v) is 3.12. The van der Waals surface area contributed by atoms with Crippen molar-refractivity contribution in [1.29, 1.82) is 0 Å². The van der Waals surface area contributed by atoms with Crippen molar-refractivity contribution in [3.8, 4) is 0 Å². The highest BCUT2D eigenvalue weighted by Crippen LogP contribution is 2.21. The van der Waals surface area contributed by atoms with Gasteiger partial charge in [0.15, 0.2) is 5.96 Å². The molecule has 1 aromatic carbocycles. The number of aliphatic imine (C=N–C) groups is 1. The number of hydrogen-bond acceptors (Lipinski definition) is 3. The van der Waals surface area contributed by atoms with E-state index < -0.39 is 11.9 Å². The van der Waals surface area contributed by atoms with Gasteiger partial charge in [0.2, 0.25) is 0 Å². The Balaban J connectivity index is 1.66. The molecule has 0 amide bonds. The van der Waals surface area contributed by atoms with Gasteiger partial charge in [-0.3, -0.25) is 4.99 Å². The molecule has 6 heteroatoms. The maximum atomic E-state index is 13.7. The van der Waals surface area contributed by atoms with Crippen LogP contribution in [0.3, 0.4) is 0 Å². The lowest BCUT2D eigenvalue weighted by atomic mass is 10.1. The van der Waals surface area contributed by atoms with Crippen LogP contribution in [-0.2, 0) is 0 Å². The predicted octanol–water partition coefficient (Wildman–Crippen LogP) is 3.38. The monoisotopic (exact) mass is 347 g/mol. The van der Waals surface area contributed by atoms with Crippen molar-refractivity contribution in [1.82, 2.24) is 10.6 Å². The molecule has 1 aliphatic carbocycles. The molecule has 128 valence electrons. The summed E-state index contributed by atoms with van der Waals surface area (Å²) >= 11 is 1.69. The van der Waals surface area contributed by atoms with Crippen LogP contribution in [0, 0.1) is 5.82 Å². The van der Waals surface area contributed by atoms with Crippen LogP contribution in [-0.4, -0.2) is 23.7 Å². The topological polar surface area (TPSA) is 56.7 Å². The van der Waals surface area contributed by atoms with Crippen molar-refractivity contribution < 1.29 is 9.50 Å². The SMILES string of the molecule is C[C@H](NC(=NC[C@@H](O)c1ccccc1F)NC1CC1)c1cccs1. The summed E-state index contributed by atoms with van der Waals surface area (Å²) in [6.07, 6.45) is 1.30. The Morgan fingerprint density at radius 2 is 2.12 bits per heavy atom. The van der Waals surface area contributed by atoms with Crippen LogP contribution in [0.15, 0.2) is 46.8 Å². The number of thiophene rings is 1. The second-order valence-corrected chi connectivity index (χ2v) is 7.01. The van der Waals surface area contributed by atoms with Gasteiger partial charge in [-0.25, -0.2) is 4.39 Å². The van der Waals surface area contributed by atoms with Gasteiger partial charge in [-0.2, -0.15) is 0 Å². The van der Waals surface area contributed by atoms with E-state index in [1.54, 1.807) is 29.5 Å². The summed E-state index contributed by atoms with van der Waals surface area (Å²) in [5.74, 6) is 0.255. The number of guanidine groups is 1. The highest BCUT2D eigenvalue weighted by atomic mass is 32.1. The van der Waals surface area contributed by atoms with Gasteiger partial charge in [0.05, 0.1) is 12.6 Å². The molecule has 0 bridgehead atoms. The van der Waals surface area contributed by atoms with Crippen molar-refractivity contribution in [3.05, 3.63) is 58.0 Å². The Kier molecular flexibility index (Phi) is 5.48. The first kappa shape index (κ1) is 16.9. The van der Waals surface area contributed by atoms with E-state index in [9.17, 15) is 9.50 Å². The molecular weight excluding hydrogens is 325 g/mol.